The minimum atomic E-state index is -0.503. The summed E-state index contributed by atoms with van der Waals surface area (Å²) in [6.07, 6.45) is 3.95. The SMILES string of the molecule is c1ccc(C2(c3ccccc3)c3ccccc3N(c3ccc(-n4c5ccccc5c5ccccc54)cc3)c3cnccc32)cc1. The van der Waals surface area contributed by atoms with Gasteiger partial charge in [-0.2, -0.15) is 0 Å². The molecule has 0 bridgehead atoms. The molecule has 1 aliphatic heterocycles. The highest BCUT2D eigenvalue weighted by Gasteiger charge is 2.46. The van der Waals surface area contributed by atoms with E-state index < -0.39 is 5.41 Å². The number of hydrogen-bond donors (Lipinski definition) is 0. The van der Waals surface area contributed by atoms with E-state index in [1.165, 1.54) is 44.1 Å². The summed E-state index contributed by atoms with van der Waals surface area (Å²) in [4.78, 5) is 7.05. The summed E-state index contributed by atoms with van der Waals surface area (Å²) in [5.41, 5.74) is 11.3. The molecular weight excluding hydrogens is 546 g/mol. The first kappa shape index (κ1) is 25.6. The monoisotopic (exact) mass is 575 g/mol. The van der Waals surface area contributed by atoms with Crippen molar-refractivity contribution in [3.63, 3.8) is 0 Å². The summed E-state index contributed by atoms with van der Waals surface area (Å²) >= 11 is 0. The Bertz CT molecular complexity index is 2180. The van der Waals surface area contributed by atoms with Crippen LogP contribution >= 0.6 is 0 Å². The lowest BCUT2D eigenvalue weighted by atomic mass is 9.62. The average molecular weight is 576 g/mol. The zero-order valence-corrected chi connectivity index (χ0v) is 24.6. The van der Waals surface area contributed by atoms with E-state index in [9.17, 15) is 0 Å². The quantitative estimate of drug-likeness (QED) is 0.208. The second-order valence-electron chi connectivity index (χ2n) is 11.6. The molecule has 3 nitrogen and oxygen atoms in total. The molecule has 45 heavy (non-hydrogen) atoms. The Balaban J connectivity index is 1.27. The van der Waals surface area contributed by atoms with Gasteiger partial charge in [0.05, 0.1) is 34.0 Å². The summed E-state index contributed by atoms with van der Waals surface area (Å²) < 4.78 is 2.37. The van der Waals surface area contributed by atoms with Crippen molar-refractivity contribution in [3.05, 3.63) is 198 Å². The Hall–Kier alpha value is -5.93. The van der Waals surface area contributed by atoms with Gasteiger partial charge in [-0.15, -0.1) is 0 Å². The van der Waals surface area contributed by atoms with Gasteiger partial charge >= 0.3 is 0 Å². The van der Waals surface area contributed by atoms with Crippen molar-refractivity contribution < 1.29 is 0 Å². The summed E-state index contributed by atoms with van der Waals surface area (Å²) in [7, 11) is 0. The first-order chi connectivity index (χ1) is 22.4. The molecule has 1 aliphatic rings. The van der Waals surface area contributed by atoms with Crippen LogP contribution in [0.2, 0.25) is 0 Å². The summed E-state index contributed by atoms with van der Waals surface area (Å²) in [6.45, 7) is 0. The first-order valence-corrected chi connectivity index (χ1v) is 15.4. The lowest BCUT2D eigenvalue weighted by Crippen LogP contribution is -2.37. The summed E-state index contributed by atoms with van der Waals surface area (Å²) in [6, 6.07) is 59.1. The zero-order chi connectivity index (χ0) is 29.8. The number of fused-ring (bicyclic) bond motifs is 5. The van der Waals surface area contributed by atoms with Crippen LogP contribution in [0.1, 0.15) is 22.3 Å². The molecule has 0 saturated heterocycles. The van der Waals surface area contributed by atoms with Crippen LogP contribution in [-0.2, 0) is 5.41 Å². The molecular formula is C42H29N3. The lowest BCUT2D eigenvalue weighted by Gasteiger charge is -2.46. The number of benzene rings is 6. The van der Waals surface area contributed by atoms with Crippen LogP contribution in [0.25, 0.3) is 27.5 Å². The van der Waals surface area contributed by atoms with Gasteiger partial charge in [-0.25, -0.2) is 0 Å². The van der Waals surface area contributed by atoms with Gasteiger partial charge in [0, 0.05) is 28.3 Å². The standard InChI is InChI=1S/C42H29N3/c1-3-13-30(14-4-1)42(31-15-5-2-6-16-31)36-19-9-12-22-40(36)45(41-29-43-28-27-37(41)42)33-25-23-32(24-26-33)44-38-20-10-7-17-34(38)35-18-8-11-21-39(35)44/h1-29H. The molecule has 6 aromatic carbocycles. The van der Waals surface area contributed by atoms with Gasteiger partial charge < -0.3 is 9.47 Å². The zero-order valence-electron chi connectivity index (χ0n) is 24.6. The fourth-order valence-electron chi connectivity index (χ4n) is 7.54. The van der Waals surface area contributed by atoms with E-state index in [-0.39, 0.29) is 0 Å². The molecule has 0 fully saturated rings. The van der Waals surface area contributed by atoms with Gasteiger partial charge in [0.2, 0.25) is 0 Å². The molecule has 0 radical (unpaired) electrons. The molecule has 8 aromatic rings. The lowest BCUT2D eigenvalue weighted by molar-refractivity contribution is 0.729. The number of rotatable bonds is 4. The first-order valence-electron chi connectivity index (χ1n) is 15.4. The van der Waals surface area contributed by atoms with Gasteiger partial charge in [-0.1, -0.05) is 115 Å². The van der Waals surface area contributed by atoms with E-state index >= 15 is 0 Å². The Morgan fingerprint density at radius 3 is 1.58 bits per heavy atom. The maximum absolute atomic E-state index is 4.68. The minimum absolute atomic E-state index is 0.503. The third-order valence-corrected chi connectivity index (χ3v) is 9.35. The number of anilines is 3. The van der Waals surface area contributed by atoms with Crippen LogP contribution in [0.15, 0.2) is 176 Å². The molecule has 212 valence electrons. The molecule has 0 amide bonds. The van der Waals surface area contributed by atoms with Crippen molar-refractivity contribution in [2.24, 2.45) is 0 Å². The van der Waals surface area contributed by atoms with Crippen molar-refractivity contribution in [2.75, 3.05) is 4.90 Å². The van der Waals surface area contributed by atoms with Crippen LogP contribution in [0.3, 0.4) is 0 Å². The highest BCUT2D eigenvalue weighted by Crippen LogP contribution is 2.57. The molecule has 3 heterocycles. The minimum Gasteiger partial charge on any atom is -0.309 e. The highest BCUT2D eigenvalue weighted by molar-refractivity contribution is 6.09. The van der Waals surface area contributed by atoms with Gasteiger partial charge in [0.15, 0.2) is 0 Å². The fraction of sp³-hybridized carbons (Fsp3) is 0.0238. The number of nitrogens with zero attached hydrogens (tertiary/aromatic N) is 3. The van der Waals surface area contributed by atoms with Crippen molar-refractivity contribution in [3.8, 4) is 5.69 Å². The van der Waals surface area contributed by atoms with Crippen LogP contribution in [0, 0.1) is 0 Å². The van der Waals surface area contributed by atoms with Crippen molar-refractivity contribution >= 4 is 38.9 Å². The van der Waals surface area contributed by atoms with E-state index in [1.807, 2.05) is 12.4 Å². The topological polar surface area (TPSA) is 21.1 Å². The predicted octanol–water partition coefficient (Wildman–Crippen LogP) is 10.3. The number of pyridine rings is 1. The third-order valence-electron chi connectivity index (χ3n) is 9.35. The molecule has 0 unspecified atom stereocenters. The largest absolute Gasteiger partial charge is 0.309 e. The molecule has 0 atom stereocenters. The Morgan fingerprint density at radius 2 is 0.933 bits per heavy atom. The molecule has 2 aromatic heterocycles. The summed E-state index contributed by atoms with van der Waals surface area (Å²) in [5.74, 6) is 0. The predicted molar refractivity (Wildman–Crippen MR) is 185 cm³/mol. The van der Waals surface area contributed by atoms with E-state index in [0.717, 1.165) is 22.7 Å². The summed E-state index contributed by atoms with van der Waals surface area (Å²) in [5, 5.41) is 2.53. The van der Waals surface area contributed by atoms with Crippen LogP contribution in [-0.4, -0.2) is 9.55 Å². The second kappa shape index (κ2) is 10.1. The molecule has 9 rings (SSSR count). The maximum Gasteiger partial charge on any atom is 0.0743 e. The normalized spacial score (nSPS) is 13.5. The maximum atomic E-state index is 4.68. The van der Waals surface area contributed by atoms with Crippen molar-refractivity contribution in [2.45, 2.75) is 5.41 Å². The molecule has 3 heteroatoms. The molecule has 0 aliphatic carbocycles. The van der Waals surface area contributed by atoms with Crippen molar-refractivity contribution in [1.29, 1.82) is 0 Å². The van der Waals surface area contributed by atoms with Gasteiger partial charge in [0.1, 0.15) is 0 Å². The van der Waals surface area contributed by atoms with E-state index in [2.05, 4.69) is 178 Å². The number of aromatic nitrogens is 2. The Kier molecular flexibility index (Phi) is 5.72. The number of para-hydroxylation sites is 3. The fourth-order valence-corrected chi connectivity index (χ4v) is 7.54. The molecule has 0 saturated carbocycles. The Morgan fingerprint density at radius 1 is 0.422 bits per heavy atom. The van der Waals surface area contributed by atoms with Crippen LogP contribution < -0.4 is 4.90 Å². The number of hydrogen-bond acceptors (Lipinski definition) is 2. The highest BCUT2D eigenvalue weighted by atomic mass is 15.2. The Labute approximate surface area is 262 Å². The third kappa shape index (κ3) is 3.68. The van der Waals surface area contributed by atoms with E-state index in [0.29, 0.717) is 0 Å². The van der Waals surface area contributed by atoms with E-state index in [4.69, 9.17) is 0 Å². The van der Waals surface area contributed by atoms with E-state index in [1.54, 1.807) is 0 Å². The van der Waals surface area contributed by atoms with Crippen molar-refractivity contribution in [1.82, 2.24) is 9.55 Å². The molecule has 0 N–H and O–H groups in total. The smallest absolute Gasteiger partial charge is 0.0743 e. The average Bonchev–Trinajstić information content (AvgIpc) is 3.46. The van der Waals surface area contributed by atoms with Gasteiger partial charge in [0.25, 0.3) is 0 Å². The van der Waals surface area contributed by atoms with Gasteiger partial charge in [-0.3, -0.25) is 4.98 Å². The second-order valence-corrected chi connectivity index (χ2v) is 11.6. The molecule has 0 spiro atoms. The van der Waals surface area contributed by atoms with Crippen LogP contribution in [0.4, 0.5) is 17.1 Å². The van der Waals surface area contributed by atoms with Gasteiger partial charge in [-0.05, 0) is 70.8 Å². The van der Waals surface area contributed by atoms with Crippen LogP contribution in [0.5, 0.6) is 0 Å².